The first kappa shape index (κ1) is 17.1. The van der Waals surface area contributed by atoms with Gasteiger partial charge < -0.3 is 14.6 Å². The van der Waals surface area contributed by atoms with Gasteiger partial charge in [-0.05, 0) is 32.1 Å². The average molecular weight is 348 g/mol. The monoisotopic (exact) mass is 348 g/mol. The van der Waals surface area contributed by atoms with Crippen LogP contribution in [0.2, 0.25) is 0 Å². The standard InChI is InChI=1S/C17H24N4O2S/c1-12-14(24-11-19-12)3-4-15(22)21-8-5-13(6-9-21)16(23)17-18-7-10-20(17)2/h7,10-11,13,16,23H,3-6,8-9H2,1-2H3/t16-/m0/s1. The van der Waals surface area contributed by atoms with Crippen molar-refractivity contribution in [2.75, 3.05) is 13.1 Å². The molecule has 0 unspecified atom stereocenters. The molecule has 7 heteroatoms. The lowest BCUT2D eigenvalue weighted by atomic mass is 9.90. The number of aryl methyl sites for hydroxylation is 3. The van der Waals surface area contributed by atoms with E-state index in [0.29, 0.717) is 25.3 Å². The molecule has 1 amide bonds. The number of amides is 1. The highest BCUT2D eigenvalue weighted by Gasteiger charge is 2.29. The summed E-state index contributed by atoms with van der Waals surface area (Å²) in [5.41, 5.74) is 2.87. The number of likely N-dealkylation sites (tertiary alicyclic amines) is 1. The lowest BCUT2D eigenvalue weighted by Gasteiger charge is -2.34. The predicted octanol–water partition coefficient (Wildman–Crippen LogP) is 2.09. The van der Waals surface area contributed by atoms with E-state index in [0.717, 1.165) is 25.0 Å². The number of aromatic nitrogens is 3. The second kappa shape index (κ2) is 7.44. The number of hydrogen-bond acceptors (Lipinski definition) is 5. The Bertz CT molecular complexity index is 688. The number of imidazole rings is 1. The Balaban J connectivity index is 1.48. The Kier molecular flexibility index (Phi) is 5.30. The maximum absolute atomic E-state index is 12.4. The number of carbonyl (C=O) groups excluding carboxylic acids is 1. The maximum atomic E-state index is 12.4. The van der Waals surface area contributed by atoms with E-state index in [2.05, 4.69) is 9.97 Å². The van der Waals surface area contributed by atoms with E-state index in [4.69, 9.17) is 0 Å². The number of hydrogen-bond donors (Lipinski definition) is 1. The summed E-state index contributed by atoms with van der Waals surface area (Å²) in [6, 6.07) is 0. The van der Waals surface area contributed by atoms with Crippen molar-refractivity contribution < 1.29 is 9.90 Å². The van der Waals surface area contributed by atoms with Crippen LogP contribution >= 0.6 is 11.3 Å². The fraction of sp³-hybridized carbons (Fsp3) is 0.588. The first-order valence-electron chi connectivity index (χ1n) is 8.38. The van der Waals surface area contributed by atoms with Gasteiger partial charge >= 0.3 is 0 Å². The molecule has 130 valence electrons. The Labute approximate surface area is 146 Å². The highest BCUT2D eigenvalue weighted by atomic mass is 32.1. The van der Waals surface area contributed by atoms with E-state index in [9.17, 15) is 9.90 Å². The SMILES string of the molecule is Cc1ncsc1CCC(=O)N1CCC([C@H](O)c2nccn2C)CC1. The molecule has 1 atom stereocenters. The molecular formula is C17H24N4O2S. The lowest BCUT2D eigenvalue weighted by Crippen LogP contribution is -2.40. The van der Waals surface area contributed by atoms with Crippen LogP contribution in [0.25, 0.3) is 0 Å². The van der Waals surface area contributed by atoms with Crippen molar-refractivity contribution in [3.63, 3.8) is 0 Å². The van der Waals surface area contributed by atoms with Crippen LogP contribution in [0.3, 0.4) is 0 Å². The minimum Gasteiger partial charge on any atom is -0.385 e. The van der Waals surface area contributed by atoms with E-state index in [-0.39, 0.29) is 11.8 Å². The molecule has 1 fully saturated rings. The van der Waals surface area contributed by atoms with Crippen LogP contribution in [0, 0.1) is 12.8 Å². The average Bonchev–Trinajstić information content (AvgIpc) is 3.20. The van der Waals surface area contributed by atoms with E-state index < -0.39 is 6.10 Å². The van der Waals surface area contributed by atoms with Gasteiger partial charge in [-0.1, -0.05) is 0 Å². The van der Waals surface area contributed by atoms with E-state index in [1.165, 1.54) is 4.88 Å². The quantitative estimate of drug-likeness (QED) is 0.898. The van der Waals surface area contributed by atoms with Gasteiger partial charge in [0, 0.05) is 43.8 Å². The van der Waals surface area contributed by atoms with E-state index in [1.54, 1.807) is 17.5 Å². The molecule has 3 rings (SSSR count). The molecule has 3 heterocycles. The van der Waals surface area contributed by atoms with Crippen molar-refractivity contribution in [2.45, 2.75) is 38.7 Å². The van der Waals surface area contributed by atoms with Gasteiger partial charge in [0.15, 0.2) is 0 Å². The first-order valence-corrected chi connectivity index (χ1v) is 9.26. The zero-order valence-corrected chi connectivity index (χ0v) is 15.0. The number of aliphatic hydroxyl groups excluding tert-OH is 1. The molecule has 6 nitrogen and oxygen atoms in total. The van der Waals surface area contributed by atoms with E-state index in [1.807, 2.05) is 35.1 Å². The molecule has 0 aliphatic carbocycles. The normalized spacial score (nSPS) is 17.2. The van der Waals surface area contributed by atoms with Crippen LogP contribution in [0.15, 0.2) is 17.9 Å². The van der Waals surface area contributed by atoms with E-state index >= 15 is 0 Å². The van der Waals surface area contributed by atoms with Gasteiger partial charge in [-0.2, -0.15) is 0 Å². The minimum atomic E-state index is -0.554. The molecule has 1 N–H and O–H groups in total. The number of piperidine rings is 1. The molecule has 2 aromatic heterocycles. The molecule has 0 aromatic carbocycles. The highest BCUT2D eigenvalue weighted by molar-refractivity contribution is 7.09. The summed E-state index contributed by atoms with van der Waals surface area (Å²) in [5, 5.41) is 10.5. The van der Waals surface area contributed by atoms with Crippen LogP contribution < -0.4 is 0 Å². The van der Waals surface area contributed by atoms with Gasteiger partial charge in [-0.15, -0.1) is 11.3 Å². The van der Waals surface area contributed by atoms with Crippen LogP contribution in [-0.4, -0.2) is 43.5 Å². The fourth-order valence-corrected chi connectivity index (χ4v) is 4.06. The smallest absolute Gasteiger partial charge is 0.222 e. The number of aliphatic hydroxyl groups is 1. The molecule has 24 heavy (non-hydrogen) atoms. The highest BCUT2D eigenvalue weighted by Crippen LogP contribution is 2.30. The van der Waals surface area contributed by atoms with Gasteiger partial charge in [0.25, 0.3) is 0 Å². The largest absolute Gasteiger partial charge is 0.385 e. The third-order valence-corrected chi connectivity index (χ3v) is 5.87. The van der Waals surface area contributed by atoms with Crippen LogP contribution in [0.5, 0.6) is 0 Å². The summed E-state index contributed by atoms with van der Waals surface area (Å²) in [6.45, 7) is 3.42. The summed E-state index contributed by atoms with van der Waals surface area (Å²) in [7, 11) is 1.89. The second-order valence-corrected chi connectivity index (χ2v) is 7.36. The topological polar surface area (TPSA) is 71.2 Å². The Morgan fingerprint density at radius 1 is 1.42 bits per heavy atom. The number of nitrogens with zero attached hydrogens (tertiary/aromatic N) is 4. The summed E-state index contributed by atoms with van der Waals surface area (Å²) in [4.78, 5) is 24.0. The molecule has 0 spiro atoms. The molecule has 0 radical (unpaired) electrons. The molecule has 1 aliphatic rings. The Hall–Kier alpha value is -1.73. The number of thiazole rings is 1. The van der Waals surface area contributed by atoms with Gasteiger partial charge in [0.1, 0.15) is 11.9 Å². The summed E-state index contributed by atoms with van der Waals surface area (Å²) >= 11 is 1.62. The molecule has 0 bridgehead atoms. The van der Waals surface area contributed by atoms with Crippen molar-refractivity contribution >= 4 is 17.2 Å². The predicted molar refractivity (Wildman–Crippen MR) is 92.6 cm³/mol. The van der Waals surface area contributed by atoms with Gasteiger partial charge in [-0.3, -0.25) is 4.79 Å². The Morgan fingerprint density at radius 2 is 2.17 bits per heavy atom. The van der Waals surface area contributed by atoms with Crippen LogP contribution in [0.1, 0.15) is 41.8 Å². The van der Waals surface area contributed by atoms with Crippen molar-refractivity contribution in [3.8, 4) is 0 Å². The third kappa shape index (κ3) is 3.67. The van der Waals surface area contributed by atoms with Gasteiger partial charge in [-0.25, -0.2) is 9.97 Å². The van der Waals surface area contributed by atoms with Crippen molar-refractivity contribution in [3.05, 3.63) is 34.3 Å². The number of rotatable bonds is 5. The summed E-state index contributed by atoms with van der Waals surface area (Å²) < 4.78 is 1.86. The lowest BCUT2D eigenvalue weighted by molar-refractivity contribution is -0.133. The molecular weight excluding hydrogens is 324 g/mol. The van der Waals surface area contributed by atoms with Crippen molar-refractivity contribution in [1.29, 1.82) is 0 Å². The summed E-state index contributed by atoms with van der Waals surface area (Å²) in [5.74, 6) is 1.08. The van der Waals surface area contributed by atoms with Crippen molar-refractivity contribution in [2.24, 2.45) is 13.0 Å². The minimum absolute atomic E-state index is 0.166. The van der Waals surface area contributed by atoms with Crippen molar-refractivity contribution in [1.82, 2.24) is 19.4 Å². The number of carbonyl (C=O) groups is 1. The molecule has 1 aliphatic heterocycles. The Morgan fingerprint density at radius 3 is 2.75 bits per heavy atom. The zero-order valence-electron chi connectivity index (χ0n) is 14.2. The van der Waals surface area contributed by atoms with Gasteiger partial charge in [0.05, 0.1) is 11.2 Å². The molecule has 0 saturated carbocycles. The van der Waals surface area contributed by atoms with Gasteiger partial charge in [0.2, 0.25) is 5.91 Å². The maximum Gasteiger partial charge on any atom is 0.222 e. The third-order valence-electron chi connectivity index (χ3n) is 4.87. The van der Waals surface area contributed by atoms with Crippen LogP contribution in [-0.2, 0) is 18.3 Å². The zero-order chi connectivity index (χ0) is 17.1. The fourth-order valence-electron chi connectivity index (χ4n) is 3.28. The van der Waals surface area contributed by atoms with Crippen LogP contribution in [0.4, 0.5) is 0 Å². The molecule has 1 saturated heterocycles. The second-order valence-electron chi connectivity index (χ2n) is 6.42. The first-order chi connectivity index (χ1) is 11.6. The molecule has 2 aromatic rings. The summed E-state index contributed by atoms with van der Waals surface area (Å²) in [6.07, 6.45) is 5.94.